The molecule has 6 nitrogen and oxygen atoms in total. The molecule has 4 aliphatic carbocycles. The molecule has 6 heteroatoms. The summed E-state index contributed by atoms with van der Waals surface area (Å²) in [5.74, 6) is -0.537. The third-order valence-corrected chi connectivity index (χ3v) is 9.47. The zero-order valence-corrected chi connectivity index (χ0v) is 16.3. The van der Waals surface area contributed by atoms with E-state index in [0.717, 1.165) is 32.1 Å². The third-order valence-electron chi connectivity index (χ3n) is 9.47. The van der Waals surface area contributed by atoms with Crippen molar-refractivity contribution in [3.8, 4) is 0 Å². The van der Waals surface area contributed by atoms with Gasteiger partial charge in [-0.25, -0.2) is 4.79 Å². The summed E-state index contributed by atoms with van der Waals surface area (Å²) < 4.78 is 0. The third kappa shape index (κ3) is 2.49. The highest BCUT2D eigenvalue weighted by atomic mass is 16.4. The van der Waals surface area contributed by atoms with E-state index < -0.39 is 29.2 Å². The molecule has 0 amide bonds. The number of aliphatic hydroxyl groups is 4. The summed E-state index contributed by atoms with van der Waals surface area (Å²) >= 11 is 0. The van der Waals surface area contributed by atoms with Crippen molar-refractivity contribution < 1.29 is 30.3 Å². The molecule has 4 saturated carbocycles. The Morgan fingerprint density at radius 3 is 2.44 bits per heavy atom. The lowest BCUT2D eigenvalue weighted by Gasteiger charge is -2.63. The second kappa shape index (κ2) is 6.15. The van der Waals surface area contributed by atoms with E-state index in [1.54, 1.807) is 0 Å². The van der Waals surface area contributed by atoms with Crippen molar-refractivity contribution in [1.82, 2.24) is 0 Å². The smallest absolute Gasteiger partial charge is 0.335 e. The van der Waals surface area contributed by atoms with E-state index in [1.807, 2.05) is 6.92 Å². The van der Waals surface area contributed by atoms with Gasteiger partial charge in [-0.3, -0.25) is 0 Å². The van der Waals surface area contributed by atoms with E-state index in [4.69, 9.17) is 0 Å². The van der Waals surface area contributed by atoms with Crippen LogP contribution in [-0.4, -0.2) is 55.4 Å². The molecule has 4 fully saturated rings. The first-order valence-corrected chi connectivity index (χ1v) is 10.5. The number of aliphatic carboxylic acids is 1. The van der Waals surface area contributed by atoms with Crippen LogP contribution in [0, 0.1) is 34.5 Å². The van der Waals surface area contributed by atoms with Crippen LogP contribution >= 0.6 is 0 Å². The Labute approximate surface area is 160 Å². The summed E-state index contributed by atoms with van der Waals surface area (Å²) in [4.78, 5) is 11.4. The van der Waals surface area contributed by atoms with Crippen LogP contribution < -0.4 is 0 Å². The minimum atomic E-state index is -1.83. The molecule has 0 bridgehead atoms. The lowest BCUT2D eigenvalue weighted by Crippen LogP contribution is -2.64. The Kier molecular flexibility index (Phi) is 4.47. The number of aliphatic hydroxyl groups excluding tert-OH is 3. The molecule has 4 aliphatic rings. The molecule has 0 aromatic heterocycles. The summed E-state index contributed by atoms with van der Waals surface area (Å²) in [5, 5.41) is 52.2. The predicted molar refractivity (Wildman–Crippen MR) is 97.7 cm³/mol. The molecule has 4 rings (SSSR count). The second-order valence-corrected chi connectivity index (χ2v) is 10.4. The predicted octanol–water partition coefficient (Wildman–Crippen LogP) is 1.54. The maximum absolute atomic E-state index is 11.4. The van der Waals surface area contributed by atoms with E-state index in [-0.39, 0.29) is 35.7 Å². The van der Waals surface area contributed by atoms with Gasteiger partial charge >= 0.3 is 5.97 Å². The van der Waals surface area contributed by atoms with Gasteiger partial charge in [0.1, 0.15) is 5.60 Å². The zero-order chi connectivity index (χ0) is 19.8. The minimum absolute atomic E-state index is 0.0188. The first kappa shape index (κ1) is 19.6. The molecule has 0 aromatic carbocycles. The number of carboxylic acid groups (broad SMARTS) is 1. The van der Waals surface area contributed by atoms with Crippen molar-refractivity contribution in [1.29, 1.82) is 0 Å². The van der Waals surface area contributed by atoms with E-state index >= 15 is 0 Å². The number of rotatable bonds is 2. The summed E-state index contributed by atoms with van der Waals surface area (Å²) in [6.45, 7) is 4.13. The Morgan fingerprint density at radius 2 is 1.78 bits per heavy atom. The molecule has 0 saturated heterocycles. The summed E-state index contributed by atoms with van der Waals surface area (Å²) in [6.07, 6.45) is 3.01. The summed E-state index contributed by atoms with van der Waals surface area (Å²) in [6, 6.07) is 0. The van der Waals surface area contributed by atoms with Gasteiger partial charge in [0.05, 0.1) is 12.2 Å². The topological polar surface area (TPSA) is 118 Å². The molecule has 154 valence electrons. The monoisotopic (exact) mass is 382 g/mol. The lowest BCUT2D eigenvalue weighted by molar-refractivity contribution is -0.223. The van der Waals surface area contributed by atoms with Gasteiger partial charge < -0.3 is 25.5 Å². The Balaban J connectivity index is 1.68. The van der Waals surface area contributed by atoms with Gasteiger partial charge in [-0.05, 0) is 80.5 Å². The molecular formula is C21H34O6. The quantitative estimate of drug-likeness (QED) is 0.494. The molecule has 5 N–H and O–H groups in total. The molecule has 27 heavy (non-hydrogen) atoms. The fourth-order valence-electron chi connectivity index (χ4n) is 8.05. The number of hydrogen-bond acceptors (Lipinski definition) is 5. The standard InChI is InChI=1S/C21H34O6/c1-19-7-5-12(22)9-11(19)3-4-13-14-6-8-21(27,17(24)18(25)26)20(14,2)10-15(23)16(13)19/h11-17,22-24,27H,3-10H2,1-2H3,(H,25,26)/t11-,12-,13+,14+,15+,16+,17-,19+,20+,21+/m1/s1. The van der Waals surface area contributed by atoms with Gasteiger partial charge in [0, 0.05) is 5.41 Å². The highest BCUT2D eigenvalue weighted by molar-refractivity contribution is 5.74. The van der Waals surface area contributed by atoms with E-state index in [2.05, 4.69) is 6.92 Å². The molecule has 10 atom stereocenters. The van der Waals surface area contributed by atoms with Crippen molar-refractivity contribution in [3.63, 3.8) is 0 Å². The molecular weight excluding hydrogens is 348 g/mol. The summed E-state index contributed by atoms with van der Waals surface area (Å²) in [7, 11) is 0. The largest absolute Gasteiger partial charge is 0.479 e. The van der Waals surface area contributed by atoms with Gasteiger partial charge in [0.25, 0.3) is 0 Å². The van der Waals surface area contributed by atoms with Crippen LogP contribution in [0.25, 0.3) is 0 Å². The fraction of sp³-hybridized carbons (Fsp3) is 0.952. The van der Waals surface area contributed by atoms with Gasteiger partial charge in [-0.15, -0.1) is 0 Å². The van der Waals surface area contributed by atoms with Crippen LogP contribution in [0.5, 0.6) is 0 Å². The first-order chi connectivity index (χ1) is 12.5. The van der Waals surface area contributed by atoms with Crippen molar-refractivity contribution in [2.45, 2.75) is 89.1 Å². The van der Waals surface area contributed by atoms with Gasteiger partial charge in [0.2, 0.25) is 0 Å². The molecule has 0 aliphatic heterocycles. The molecule has 0 heterocycles. The van der Waals surface area contributed by atoms with Gasteiger partial charge in [0.15, 0.2) is 6.10 Å². The van der Waals surface area contributed by atoms with Crippen LogP contribution in [0.1, 0.15) is 65.2 Å². The second-order valence-electron chi connectivity index (χ2n) is 10.4. The Morgan fingerprint density at radius 1 is 1.07 bits per heavy atom. The van der Waals surface area contributed by atoms with E-state index in [0.29, 0.717) is 18.8 Å². The molecule has 0 unspecified atom stereocenters. The van der Waals surface area contributed by atoms with Crippen LogP contribution in [-0.2, 0) is 4.79 Å². The zero-order valence-electron chi connectivity index (χ0n) is 16.3. The van der Waals surface area contributed by atoms with Crippen molar-refractivity contribution in [2.75, 3.05) is 0 Å². The van der Waals surface area contributed by atoms with Gasteiger partial charge in [-0.1, -0.05) is 13.8 Å². The van der Waals surface area contributed by atoms with E-state index in [9.17, 15) is 30.3 Å². The van der Waals surface area contributed by atoms with Crippen LogP contribution in [0.15, 0.2) is 0 Å². The number of hydrogen-bond donors (Lipinski definition) is 5. The highest BCUT2D eigenvalue weighted by Crippen LogP contribution is 2.68. The molecule has 0 radical (unpaired) electrons. The van der Waals surface area contributed by atoms with Crippen molar-refractivity contribution >= 4 is 5.97 Å². The van der Waals surface area contributed by atoms with Gasteiger partial charge in [-0.2, -0.15) is 0 Å². The van der Waals surface area contributed by atoms with Crippen LogP contribution in [0.3, 0.4) is 0 Å². The summed E-state index contributed by atoms with van der Waals surface area (Å²) in [5.41, 5.74) is -2.52. The molecule has 0 aromatic rings. The maximum Gasteiger partial charge on any atom is 0.335 e. The maximum atomic E-state index is 11.4. The fourth-order valence-corrected chi connectivity index (χ4v) is 8.05. The van der Waals surface area contributed by atoms with E-state index in [1.165, 1.54) is 0 Å². The average Bonchev–Trinajstić information content (AvgIpc) is 2.86. The minimum Gasteiger partial charge on any atom is -0.479 e. The van der Waals surface area contributed by atoms with Crippen molar-refractivity contribution in [3.05, 3.63) is 0 Å². The number of fused-ring (bicyclic) bond motifs is 5. The highest BCUT2D eigenvalue weighted by Gasteiger charge is 2.69. The number of carboxylic acids is 1. The first-order valence-electron chi connectivity index (χ1n) is 10.5. The SMILES string of the molecule is C[C@]12CC[C@@H](O)C[C@H]1CC[C@@H]1[C@H]2[C@@H](O)C[C@@]2(C)[C@H]1CC[C@]2(O)[C@H](O)C(=O)O. The average molecular weight is 382 g/mol. The Bertz CT molecular complexity index is 624. The van der Waals surface area contributed by atoms with Crippen LogP contribution in [0.4, 0.5) is 0 Å². The van der Waals surface area contributed by atoms with Crippen LogP contribution in [0.2, 0.25) is 0 Å². The number of carbonyl (C=O) groups is 1. The molecule has 0 spiro atoms. The Hall–Kier alpha value is -0.690. The normalized spacial score (nSPS) is 55.9. The van der Waals surface area contributed by atoms with Crippen molar-refractivity contribution in [2.24, 2.45) is 34.5 Å². The lowest BCUT2D eigenvalue weighted by atomic mass is 9.43.